The zero-order valence-corrected chi connectivity index (χ0v) is 15.0. The second kappa shape index (κ2) is 8.54. The monoisotopic (exact) mass is 337 g/mol. The number of nitrogens with one attached hydrogen (secondary N) is 1. The molecule has 3 N–H and O–H groups in total. The number of benzene rings is 1. The van der Waals surface area contributed by atoms with E-state index < -0.39 is 0 Å². The molecular weight excluding hydrogens is 310 g/mol. The van der Waals surface area contributed by atoms with Gasteiger partial charge < -0.3 is 25.4 Å². The molecule has 0 heterocycles. The van der Waals surface area contributed by atoms with Crippen molar-refractivity contribution < 1.29 is 19.1 Å². The third-order valence-corrected chi connectivity index (χ3v) is 3.61. The molecule has 0 bridgehead atoms. The average Bonchev–Trinajstić information content (AvgIpc) is 2.58. The molecule has 0 fully saturated rings. The highest BCUT2D eigenvalue weighted by Gasteiger charge is 2.22. The normalized spacial score (nSPS) is 10.9. The number of hydrogen-bond donors (Lipinski definition) is 2. The largest absolute Gasteiger partial charge is 0.493 e. The van der Waals surface area contributed by atoms with E-state index in [1.807, 2.05) is 13.8 Å². The van der Waals surface area contributed by atoms with Gasteiger partial charge in [-0.3, -0.25) is 9.59 Å². The molecule has 0 aliphatic heterocycles. The fourth-order valence-corrected chi connectivity index (χ4v) is 2.13. The van der Waals surface area contributed by atoms with Gasteiger partial charge in [0.2, 0.25) is 0 Å². The molecule has 0 unspecified atom stereocenters. The Morgan fingerprint density at radius 3 is 2.50 bits per heavy atom. The first-order valence-electron chi connectivity index (χ1n) is 7.71. The van der Waals surface area contributed by atoms with Crippen LogP contribution in [0, 0.1) is 5.41 Å². The maximum atomic E-state index is 12.6. The summed E-state index contributed by atoms with van der Waals surface area (Å²) >= 11 is 0. The Balaban J connectivity index is 2.89. The molecular formula is C17H27N3O4. The first kappa shape index (κ1) is 19.8. The van der Waals surface area contributed by atoms with Crippen molar-refractivity contribution in [2.45, 2.75) is 13.8 Å². The number of amides is 2. The predicted octanol–water partition coefficient (Wildman–Crippen LogP) is 0.877. The Labute approximate surface area is 143 Å². The number of nitrogens with zero attached hydrogens (tertiary/aromatic N) is 1. The lowest BCUT2D eigenvalue weighted by molar-refractivity contribution is -0.122. The van der Waals surface area contributed by atoms with Crippen LogP contribution in [0.2, 0.25) is 0 Å². The van der Waals surface area contributed by atoms with Crippen LogP contribution in [0.5, 0.6) is 11.5 Å². The lowest BCUT2D eigenvalue weighted by Gasteiger charge is -2.29. The van der Waals surface area contributed by atoms with Gasteiger partial charge in [-0.25, -0.2) is 0 Å². The minimum Gasteiger partial charge on any atom is -0.493 e. The molecule has 2 amide bonds. The van der Waals surface area contributed by atoms with E-state index >= 15 is 0 Å². The summed E-state index contributed by atoms with van der Waals surface area (Å²) in [4.78, 5) is 25.4. The number of carbonyl (C=O) groups excluding carboxylic acids is 2. The third kappa shape index (κ3) is 5.42. The van der Waals surface area contributed by atoms with Gasteiger partial charge in [-0.15, -0.1) is 0 Å². The molecule has 24 heavy (non-hydrogen) atoms. The summed E-state index contributed by atoms with van der Waals surface area (Å²) in [5.74, 6) is 0.424. The van der Waals surface area contributed by atoms with Crippen LogP contribution in [0.1, 0.15) is 24.2 Å². The van der Waals surface area contributed by atoms with E-state index in [0.29, 0.717) is 30.2 Å². The fourth-order valence-electron chi connectivity index (χ4n) is 2.13. The lowest BCUT2D eigenvalue weighted by atomic mass is 9.93. The molecule has 0 atom stereocenters. The molecule has 1 aromatic rings. The molecule has 0 saturated heterocycles. The van der Waals surface area contributed by atoms with Crippen LogP contribution in [-0.2, 0) is 4.79 Å². The Morgan fingerprint density at radius 2 is 1.96 bits per heavy atom. The first-order chi connectivity index (χ1) is 11.2. The number of methoxy groups -OCH3 is 1. The first-order valence-corrected chi connectivity index (χ1v) is 7.71. The van der Waals surface area contributed by atoms with Gasteiger partial charge >= 0.3 is 0 Å². The average molecular weight is 337 g/mol. The SMILES string of the molecule is CNC(=O)COc1ccc(C(=O)N(C)CC(C)(C)CN)cc1OC. The minimum absolute atomic E-state index is 0.120. The van der Waals surface area contributed by atoms with E-state index in [0.717, 1.165) is 0 Å². The van der Waals surface area contributed by atoms with Crippen LogP contribution < -0.4 is 20.5 Å². The van der Waals surface area contributed by atoms with E-state index in [1.54, 1.807) is 30.1 Å². The van der Waals surface area contributed by atoms with Gasteiger partial charge in [-0.1, -0.05) is 13.8 Å². The third-order valence-electron chi connectivity index (χ3n) is 3.61. The summed E-state index contributed by atoms with van der Waals surface area (Å²) in [5.41, 5.74) is 6.04. The Morgan fingerprint density at radius 1 is 1.29 bits per heavy atom. The van der Waals surface area contributed by atoms with Crippen LogP contribution in [0.4, 0.5) is 0 Å². The zero-order chi connectivity index (χ0) is 18.3. The molecule has 0 aliphatic carbocycles. The molecule has 1 aromatic carbocycles. The zero-order valence-electron chi connectivity index (χ0n) is 15.0. The smallest absolute Gasteiger partial charge is 0.257 e. The molecule has 0 aliphatic rings. The molecule has 0 saturated carbocycles. The van der Waals surface area contributed by atoms with Crippen LogP contribution >= 0.6 is 0 Å². The summed E-state index contributed by atoms with van der Waals surface area (Å²) in [6.07, 6.45) is 0. The van der Waals surface area contributed by atoms with Gasteiger partial charge in [0.25, 0.3) is 11.8 Å². The Hall–Kier alpha value is -2.28. The number of likely N-dealkylation sites (N-methyl/N-ethyl adjacent to an activating group) is 1. The summed E-state index contributed by atoms with van der Waals surface area (Å²) in [6, 6.07) is 4.88. The van der Waals surface area contributed by atoms with Crippen LogP contribution in [0.25, 0.3) is 0 Å². The van der Waals surface area contributed by atoms with Crippen molar-refractivity contribution in [2.24, 2.45) is 11.1 Å². The van der Waals surface area contributed by atoms with Gasteiger partial charge in [-0.2, -0.15) is 0 Å². The number of nitrogens with two attached hydrogens (primary N) is 1. The fraction of sp³-hybridized carbons (Fsp3) is 0.529. The summed E-state index contributed by atoms with van der Waals surface area (Å²) in [5, 5.41) is 2.47. The predicted molar refractivity (Wildman–Crippen MR) is 92.4 cm³/mol. The molecule has 7 nitrogen and oxygen atoms in total. The quantitative estimate of drug-likeness (QED) is 0.734. The van der Waals surface area contributed by atoms with Crippen molar-refractivity contribution in [1.29, 1.82) is 0 Å². The van der Waals surface area contributed by atoms with Crippen molar-refractivity contribution in [1.82, 2.24) is 10.2 Å². The summed E-state index contributed by atoms with van der Waals surface area (Å²) in [6.45, 7) is 4.92. The highest BCUT2D eigenvalue weighted by atomic mass is 16.5. The highest BCUT2D eigenvalue weighted by Crippen LogP contribution is 2.28. The van der Waals surface area contributed by atoms with Gasteiger partial charge in [0, 0.05) is 26.2 Å². The summed E-state index contributed by atoms with van der Waals surface area (Å²) < 4.78 is 10.7. The Kier molecular flexibility index (Phi) is 7.03. The summed E-state index contributed by atoms with van der Waals surface area (Å²) in [7, 11) is 4.75. The highest BCUT2D eigenvalue weighted by molar-refractivity contribution is 5.94. The Bertz CT molecular complexity index is 587. The minimum atomic E-state index is -0.249. The molecule has 7 heteroatoms. The van der Waals surface area contributed by atoms with E-state index in [1.165, 1.54) is 14.2 Å². The van der Waals surface area contributed by atoms with Crippen LogP contribution in [0.15, 0.2) is 18.2 Å². The van der Waals surface area contributed by atoms with Crippen LogP contribution in [-0.4, -0.2) is 57.6 Å². The second-order valence-electron chi connectivity index (χ2n) is 6.36. The van der Waals surface area contributed by atoms with Crippen molar-refractivity contribution in [2.75, 3.05) is 40.9 Å². The van der Waals surface area contributed by atoms with Gasteiger partial charge in [0.05, 0.1) is 7.11 Å². The van der Waals surface area contributed by atoms with Gasteiger partial charge in [0.1, 0.15) is 0 Å². The maximum absolute atomic E-state index is 12.6. The molecule has 0 spiro atoms. The van der Waals surface area contributed by atoms with Gasteiger partial charge in [0.15, 0.2) is 18.1 Å². The molecule has 1 rings (SSSR count). The molecule has 0 radical (unpaired) electrons. The van der Waals surface area contributed by atoms with Crippen molar-refractivity contribution in [3.63, 3.8) is 0 Å². The number of rotatable bonds is 8. The topological polar surface area (TPSA) is 93.9 Å². The van der Waals surface area contributed by atoms with Crippen molar-refractivity contribution in [3.8, 4) is 11.5 Å². The van der Waals surface area contributed by atoms with Crippen molar-refractivity contribution in [3.05, 3.63) is 23.8 Å². The number of ether oxygens (including phenoxy) is 2. The van der Waals surface area contributed by atoms with Crippen molar-refractivity contribution >= 4 is 11.8 Å². The molecule has 134 valence electrons. The van der Waals surface area contributed by atoms with E-state index in [2.05, 4.69) is 5.32 Å². The number of carbonyl (C=O) groups is 2. The van der Waals surface area contributed by atoms with E-state index in [4.69, 9.17) is 15.2 Å². The second-order valence-corrected chi connectivity index (χ2v) is 6.36. The van der Waals surface area contributed by atoms with E-state index in [-0.39, 0.29) is 23.8 Å². The van der Waals surface area contributed by atoms with E-state index in [9.17, 15) is 9.59 Å². The lowest BCUT2D eigenvalue weighted by Crippen LogP contribution is -2.39. The van der Waals surface area contributed by atoms with Gasteiger partial charge in [-0.05, 0) is 30.2 Å². The van der Waals surface area contributed by atoms with Crippen LogP contribution in [0.3, 0.4) is 0 Å². The standard InChI is InChI=1S/C17H27N3O4/c1-17(2,10-18)11-20(4)16(22)12-6-7-13(14(8-12)23-5)24-9-15(21)19-3/h6-8H,9-11,18H2,1-5H3,(H,19,21). The molecule has 0 aromatic heterocycles. The number of hydrogen-bond acceptors (Lipinski definition) is 5. The maximum Gasteiger partial charge on any atom is 0.257 e.